The molecule has 2 heterocycles. The van der Waals surface area contributed by atoms with Gasteiger partial charge in [-0.05, 0) is 36.2 Å². The number of carbonyl (C=O) groups is 2. The van der Waals surface area contributed by atoms with E-state index in [-0.39, 0.29) is 11.8 Å². The molecule has 0 fully saturated rings. The molecule has 2 aromatic carbocycles. The number of benzene rings is 2. The second-order valence-electron chi connectivity index (χ2n) is 6.46. The van der Waals surface area contributed by atoms with Crippen LogP contribution < -0.4 is 15.0 Å². The van der Waals surface area contributed by atoms with Gasteiger partial charge in [-0.2, -0.15) is 0 Å². The zero-order chi connectivity index (χ0) is 19.7. The summed E-state index contributed by atoms with van der Waals surface area (Å²) in [6, 6.07) is 13.1. The van der Waals surface area contributed by atoms with Crippen LogP contribution in [0.25, 0.3) is 11.3 Å². The van der Waals surface area contributed by atoms with Crippen molar-refractivity contribution in [3.05, 3.63) is 59.0 Å². The molecule has 1 N–H and O–H groups in total. The molecule has 4 rings (SSSR count). The summed E-state index contributed by atoms with van der Waals surface area (Å²) in [5.41, 5.74) is 4.34. The Morgan fingerprint density at radius 2 is 2.04 bits per heavy atom. The third-order valence-corrected chi connectivity index (χ3v) is 5.48. The van der Waals surface area contributed by atoms with Crippen molar-refractivity contribution in [2.24, 2.45) is 0 Å². The SMILES string of the molecule is COc1ccccc1C(=O)Nc1nc(-c2ccc3c(c2)CCN3C(C)=O)cs1. The monoisotopic (exact) mass is 393 g/mol. The Morgan fingerprint density at radius 1 is 1.21 bits per heavy atom. The number of para-hydroxylation sites is 1. The van der Waals surface area contributed by atoms with Gasteiger partial charge >= 0.3 is 0 Å². The maximum Gasteiger partial charge on any atom is 0.261 e. The molecule has 0 bridgehead atoms. The van der Waals surface area contributed by atoms with Crippen molar-refractivity contribution in [3.63, 3.8) is 0 Å². The van der Waals surface area contributed by atoms with E-state index >= 15 is 0 Å². The average Bonchev–Trinajstić information content (AvgIpc) is 3.34. The fourth-order valence-corrected chi connectivity index (χ4v) is 4.06. The molecule has 1 aromatic heterocycles. The number of nitrogens with one attached hydrogen (secondary N) is 1. The number of hydrogen-bond donors (Lipinski definition) is 1. The van der Waals surface area contributed by atoms with Gasteiger partial charge in [0.1, 0.15) is 5.75 Å². The number of hydrogen-bond acceptors (Lipinski definition) is 5. The Bertz CT molecular complexity index is 1060. The van der Waals surface area contributed by atoms with Gasteiger partial charge in [-0.3, -0.25) is 14.9 Å². The van der Waals surface area contributed by atoms with Crippen molar-refractivity contribution in [3.8, 4) is 17.0 Å². The number of ether oxygens (including phenoxy) is 1. The van der Waals surface area contributed by atoms with E-state index in [4.69, 9.17) is 4.74 Å². The number of carbonyl (C=O) groups excluding carboxylic acids is 2. The second kappa shape index (κ2) is 7.44. The molecule has 0 unspecified atom stereocenters. The molecule has 2 amide bonds. The molecule has 7 heteroatoms. The predicted octanol–water partition coefficient (Wildman–Crippen LogP) is 3.98. The number of aromatic nitrogens is 1. The molecular formula is C21H19N3O3S. The Labute approximate surface area is 166 Å². The maximum absolute atomic E-state index is 12.5. The number of nitrogens with zero attached hydrogens (tertiary/aromatic N) is 2. The first-order valence-electron chi connectivity index (χ1n) is 8.88. The predicted molar refractivity (Wildman–Crippen MR) is 110 cm³/mol. The molecule has 0 spiro atoms. The van der Waals surface area contributed by atoms with Crippen LogP contribution in [0.15, 0.2) is 47.8 Å². The minimum atomic E-state index is -0.260. The van der Waals surface area contributed by atoms with Crippen LogP contribution in [0.4, 0.5) is 10.8 Å². The molecule has 0 saturated carbocycles. The summed E-state index contributed by atoms with van der Waals surface area (Å²) in [5.74, 6) is 0.316. The highest BCUT2D eigenvalue weighted by molar-refractivity contribution is 7.14. The van der Waals surface area contributed by atoms with E-state index in [9.17, 15) is 9.59 Å². The molecule has 3 aromatic rings. The van der Waals surface area contributed by atoms with E-state index in [0.29, 0.717) is 23.0 Å². The Morgan fingerprint density at radius 3 is 2.82 bits per heavy atom. The van der Waals surface area contributed by atoms with Gasteiger partial charge in [-0.1, -0.05) is 18.2 Å². The molecule has 0 radical (unpaired) electrons. The molecule has 28 heavy (non-hydrogen) atoms. The summed E-state index contributed by atoms with van der Waals surface area (Å²) in [6.07, 6.45) is 0.838. The van der Waals surface area contributed by atoms with Crippen LogP contribution in [0.5, 0.6) is 5.75 Å². The van der Waals surface area contributed by atoms with Gasteiger partial charge in [0.05, 0.1) is 18.4 Å². The third-order valence-electron chi connectivity index (χ3n) is 4.73. The van der Waals surface area contributed by atoms with Gasteiger partial charge in [0.25, 0.3) is 5.91 Å². The third kappa shape index (κ3) is 3.36. The Hall–Kier alpha value is -3.19. The highest BCUT2D eigenvalue weighted by Crippen LogP contribution is 2.33. The quantitative estimate of drug-likeness (QED) is 0.728. The standard InChI is InChI=1S/C21H19N3O3S/c1-13(25)24-10-9-15-11-14(7-8-18(15)24)17-12-28-21(22-17)23-20(26)16-5-3-4-6-19(16)27-2/h3-8,11-12H,9-10H2,1-2H3,(H,22,23,26). The van der Waals surface area contributed by atoms with E-state index in [1.807, 2.05) is 23.6 Å². The van der Waals surface area contributed by atoms with Crippen molar-refractivity contribution in [2.75, 3.05) is 23.9 Å². The maximum atomic E-state index is 12.5. The molecule has 0 atom stereocenters. The van der Waals surface area contributed by atoms with Crippen LogP contribution in [-0.4, -0.2) is 30.5 Å². The normalized spacial score (nSPS) is 12.6. The molecule has 0 saturated heterocycles. The molecule has 1 aliphatic rings. The first kappa shape index (κ1) is 18.2. The van der Waals surface area contributed by atoms with E-state index in [0.717, 1.165) is 28.9 Å². The first-order valence-corrected chi connectivity index (χ1v) is 9.76. The van der Waals surface area contributed by atoms with Crippen LogP contribution in [0.1, 0.15) is 22.8 Å². The molecular weight excluding hydrogens is 374 g/mol. The lowest BCUT2D eigenvalue weighted by Gasteiger charge is -2.14. The zero-order valence-corrected chi connectivity index (χ0v) is 16.4. The zero-order valence-electron chi connectivity index (χ0n) is 15.6. The van der Waals surface area contributed by atoms with Crippen LogP contribution in [0, 0.1) is 0 Å². The van der Waals surface area contributed by atoms with Gasteiger partial charge in [-0.25, -0.2) is 4.98 Å². The number of methoxy groups -OCH3 is 1. The smallest absolute Gasteiger partial charge is 0.261 e. The molecule has 0 aliphatic carbocycles. The Balaban J connectivity index is 1.54. The number of thiazole rings is 1. The van der Waals surface area contributed by atoms with Crippen LogP contribution >= 0.6 is 11.3 Å². The summed E-state index contributed by atoms with van der Waals surface area (Å²) in [4.78, 5) is 30.6. The lowest BCUT2D eigenvalue weighted by Crippen LogP contribution is -2.25. The van der Waals surface area contributed by atoms with Crippen LogP contribution in [-0.2, 0) is 11.2 Å². The minimum absolute atomic E-state index is 0.0569. The number of anilines is 2. The second-order valence-corrected chi connectivity index (χ2v) is 7.31. The topological polar surface area (TPSA) is 71.5 Å². The molecule has 6 nitrogen and oxygen atoms in total. The fourth-order valence-electron chi connectivity index (χ4n) is 3.35. The summed E-state index contributed by atoms with van der Waals surface area (Å²) in [6.45, 7) is 2.30. The van der Waals surface area contributed by atoms with E-state index < -0.39 is 0 Å². The van der Waals surface area contributed by atoms with Crippen molar-refractivity contribution in [2.45, 2.75) is 13.3 Å². The van der Waals surface area contributed by atoms with Gasteiger partial charge in [-0.15, -0.1) is 11.3 Å². The number of amides is 2. The molecule has 1 aliphatic heterocycles. The van der Waals surface area contributed by atoms with Crippen molar-refractivity contribution in [1.82, 2.24) is 4.98 Å². The highest BCUT2D eigenvalue weighted by atomic mass is 32.1. The van der Waals surface area contributed by atoms with Gasteiger partial charge in [0, 0.05) is 30.1 Å². The average molecular weight is 393 g/mol. The van der Waals surface area contributed by atoms with Crippen LogP contribution in [0.2, 0.25) is 0 Å². The van der Waals surface area contributed by atoms with Gasteiger partial charge in [0.2, 0.25) is 5.91 Å². The summed E-state index contributed by atoms with van der Waals surface area (Å²) >= 11 is 1.37. The molecule has 142 valence electrons. The summed E-state index contributed by atoms with van der Waals surface area (Å²) in [7, 11) is 1.54. The van der Waals surface area contributed by atoms with E-state index in [1.165, 1.54) is 18.4 Å². The minimum Gasteiger partial charge on any atom is -0.496 e. The number of rotatable bonds is 4. The number of fused-ring (bicyclic) bond motifs is 1. The highest BCUT2D eigenvalue weighted by Gasteiger charge is 2.22. The van der Waals surface area contributed by atoms with Crippen molar-refractivity contribution in [1.29, 1.82) is 0 Å². The van der Waals surface area contributed by atoms with Crippen molar-refractivity contribution < 1.29 is 14.3 Å². The van der Waals surface area contributed by atoms with Crippen LogP contribution in [0.3, 0.4) is 0 Å². The van der Waals surface area contributed by atoms with E-state index in [1.54, 1.807) is 30.0 Å². The van der Waals surface area contributed by atoms with Crippen molar-refractivity contribution >= 4 is 34.0 Å². The largest absolute Gasteiger partial charge is 0.496 e. The lowest BCUT2D eigenvalue weighted by molar-refractivity contribution is -0.116. The lowest BCUT2D eigenvalue weighted by atomic mass is 10.1. The Kier molecular flexibility index (Phi) is 4.83. The van der Waals surface area contributed by atoms with E-state index in [2.05, 4.69) is 16.4 Å². The summed E-state index contributed by atoms with van der Waals surface area (Å²) in [5, 5.41) is 5.27. The summed E-state index contributed by atoms with van der Waals surface area (Å²) < 4.78 is 5.24. The fraction of sp³-hybridized carbons (Fsp3) is 0.190. The first-order chi connectivity index (χ1) is 13.6. The van der Waals surface area contributed by atoms with Gasteiger partial charge in [0.15, 0.2) is 5.13 Å². The van der Waals surface area contributed by atoms with Gasteiger partial charge < -0.3 is 9.64 Å².